The van der Waals surface area contributed by atoms with Crippen LogP contribution in [0.25, 0.3) is 0 Å². The number of piperidine rings is 1. The monoisotopic (exact) mass is 269 g/mol. The van der Waals surface area contributed by atoms with Crippen molar-refractivity contribution in [2.45, 2.75) is 25.8 Å². The predicted octanol–water partition coefficient (Wildman–Crippen LogP) is 2.62. The second-order valence-electron chi connectivity index (χ2n) is 5.28. The van der Waals surface area contributed by atoms with Crippen molar-refractivity contribution in [2.75, 3.05) is 25.5 Å². The maximum absolute atomic E-state index is 4.06. The molecule has 1 fully saturated rings. The Morgan fingerprint density at radius 3 is 2.50 bits per heavy atom. The molecule has 1 saturated heterocycles. The zero-order valence-electron chi connectivity index (χ0n) is 12.4. The summed E-state index contributed by atoms with van der Waals surface area (Å²) in [4.78, 5) is 2.36. The van der Waals surface area contributed by atoms with Crippen LogP contribution in [0, 0.1) is 11.8 Å². The molecule has 0 radical (unpaired) electrons. The normalized spacial score (nSPS) is 16.1. The van der Waals surface area contributed by atoms with Crippen molar-refractivity contribution in [1.82, 2.24) is 10.2 Å². The van der Waals surface area contributed by atoms with Gasteiger partial charge in [0.1, 0.15) is 0 Å². The maximum atomic E-state index is 4.06. The van der Waals surface area contributed by atoms with Crippen LogP contribution in [0.2, 0.25) is 0 Å². The summed E-state index contributed by atoms with van der Waals surface area (Å²) in [5, 5.41) is 6.77. The minimum Gasteiger partial charge on any atom is -0.369 e. The first-order chi connectivity index (χ1) is 9.67. The fraction of sp³-hybridized carbons (Fsp3) is 0.412. The first-order valence-electron chi connectivity index (χ1n) is 7.11. The molecule has 2 N–H and O–H groups in total. The van der Waals surface area contributed by atoms with Gasteiger partial charge in [-0.2, -0.15) is 0 Å². The summed E-state index contributed by atoms with van der Waals surface area (Å²) in [5.41, 5.74) is 2.07. The van der Waals surface area contributed by atoms with Crippen LogP contribution in [0.4, 0.5) is 5.69 Å². The zero-order valence-corrected chi connectivity index (χ0v) is 12.4. The molecule has 0 aromatic heterocycles. The van der Waals surface area contributed by atoms with Gasteiger partial charge in [-0.05, 0) is 64.2 Å². The first kappa shape index (κ1) is 14.5. The Balaban J connectivity index is 1.83. The summed E-state index contributed by atoms with van der Waals surface area (Å²) in [5.74, 6) is 6.80. The Hall–Kier alpha value is -1.92. The SMILES string of the molecule is C=C(Nc1ccc(C#CC)cc1)NC1CCN(C)CC1. The number of rotatable bonds is 4. The highest BCUT2D eigenvalue weighted by Gasteiger charge is 2.16. The number of nitrogens with one attached hydrogen (secondary N) is 2. The lowest BCUT2D eigenvalue weighted by Crippen LogP contribution is -2.41. The number of likely N-dealkylation sites (tertiary alicyclic amines) is 1. The zero-order chi connectivity index (χ0) is 14.4. The highest BCUT2D eigenvalue weighted by Crippen LogP contribution is 2.13. The van der Waals surface area contributed by atoms with Crippen molar-refractivity contribution in [1.29, 1.82) is 0 Å². The molecule has 1 aromatic carbocycles. The standard InChI is InChI=1S/C17H23N3/c1-4-5-15-6-8-16(9-7-15)18-14(2)19-17-10-12-20(3)13-11-17/h6-9,17-19H,2,10-13H2,1,3H3. The highest BCUT2D eigenvalue weighted by molar-refractivity contribution is 5.51. The molecule has 0 aliphatic carbocycles. The summed E-state index contributed by atoms with van der Waals surface area (Å²) in [6, 6.07) is 8.61. The van der Waals surface area contributed by atoms with E-state index in [1.807, 2.05) is 31.2 Å². The number of benzene rings is 1. The third-order valence-corrected chi connectivity index (χ3v) is 3.55. The van der Waals surface area contributed by atoms with Gasteiger partial charge in [-0.1, -0.05) is 12.5 Å². The molecular formula is C17H23N3. The Labute approximate surface area is 122 Å². The maximum Gasteiger partial charge on any atom is 0.0959 e. The average molecular weight is 269 g/mol. The molecule has 1 aromatic rings. The van der Waals surface area contributed by atoms with Crippen molar-refractivity contribution in [3.8, 4) is 11.8 Å². The van der Waals surface area contributed by atoms with E-state index in [-0.39, 0.29) is 0 Å². The molecule has 1 aliphatic rings. The largest absolute Gasteiger partial charge is 0.369 e. The van der Waals surface area contributed by atoms with Crippen LogP contribution in [-0.2, 0) is 0 Å². The van der Waals surface area contributed by atoms with E-state index >= 15 is 0 Å². The van der Waals surface area contributed by atoms with E-state index in [9.17, 15) is 0 Å². The van der Waals surface area contributed by atoms with E-state index in [4.69, 9.17) is 0 Å². The molecule has 1 aliphatic heterocycles. The van der Waals surface area contributed by atoms with Crippen molar-refractivity contribution in [3.05, 3.63) is 42.2 Å². The minimum atomic E-state index is 0.524. The van der Waals surface area contributed by atoms with Gasteiger partial charge in [-0.3, -0.25) is 0 Å². The Morgan fingerprint density at radius 2 is 1.90 bits per heavy atom. The number of hydrogen-bond acceptors (Lipinski definition) is 3. The van der Waals surface area contributed by atoms with Gasteiger partial charge < -0.3 is 15.5 Å². The number of anilines is 1. The minimum absolute atomic E-state index is 0.524. The number of hydrogen-bond donors (Lipinski definition) is 2. The average Bonchev–Trinajstić information content (AvgIpc) is 2.44. The molecule has 0 unspecified atom stereocenters. The van der Waals surface area contributed by atoms with Gasteiger partial charge >= 0.3 is 0 Å². The van der Waals surface area contributed by atoms with E-state index in [0.717, 1.165) is 30.2 Å². The van der Waals surface area contributed by atoms with Crippen LogP contribution in [0.15, 0.2) is 36.7 Å². The van der Waals surface area contributed by atoms with E-state index in [1.165, 1.54) is 12.8 Å². The molecule has 0 amide bonds. The molecule has 106 valence electrons. The van der Waals surface area contributed by atoms with E-state index in [2.05, 4.69) is 41.0 Å². The van der Waals surface area contributed by atoms with Crippen LogP contribution >= 0.6 is 0 Å². The molecule has 0 bridgehead atoms. The summed E-state index contributed by atoms with van der Waals surface area (Å²) in [7, 11) is 2.17. The van der Waals surface area contributed by atoms with Crippen molar-refractivity contribution < 1.29 is 0 Å². The Morgan fingerprint density at radius 1 is 1.25 bits per heavy atom. The van der Waals surface area contributed by atoms with Crippen molar-refractivity contribution in [3.63, 3.8) is 0 Å². The fourth-order valence-electron chi connectivity index (χ4n) is 2.39. The van der Waals surface area contributed by atoms with E-state index in [0.29, 0.717) is 6.04 Å². The van der Waals surface area contributed by atoms with E-state index in [1.54, 1.807) is 0 Å². The van der Waals surface area contributed by atoms with Crippen LogP contribution in [0.1, 0.15) is 25.3 Å². The van der Waals surface area contributed by atoms with Gasteiger partial charge in [0.15, 0.2) is 0 Å². The second-order valence-corrected chi connectivity index (χ2v) is 5.28. The van der Waals surface area contributed by atoms with Crippen molar-refractivity contribution in [2.24, 2.45) is 0 Å². The molecule has 3 heteroatoms. The lowest BCUT2D eigenvalue weighted by atomic mass is 10.1. The molecular weight excluding hydrogens is 246 g/mol. The van der Waals surface area contributed by atoms with Gasteiger partial charge in [-0.25, -0.2) is 0 Å². The lowest BCUT2D eigenvalue weighted by Gasteiger charge is -2.30. The lowest BCUT2D eigenvalue weighted by molar-refractivity contribution is 0.242. The molecule has 1 heterocycles. The molecule has 2 rings (SSSR count). The third-order valence-electron chi connectivity index (χ3n) is 3.55. The van der Waals surface area contributed by atoms with Gasteiger partial charge in [0, 0.05) is 17.3 Å². The van der Waals surface area contributed by atoms with E-state index < -0.39 is 0 Å². The summed E-state index contributed by atoms with van der Waals surface area (Å²) < 4.78 is 0. The van der Waals surface area contributed by atoms with Crippen molar-refractivity contribution >= 4 is 5.69 Å². The highest BCUT2D eigenvalue weighted by atomic mass is 15.1. The summed E-state index contributed by atoms with van der Waals surface area (Å²) >= 11 is 0. The van der Waals surface area contributed by atoms with Crippen LogP contribution in [0.5, 0.6) is 0 Å². The molecule has 0 spiro atoms. The smallest absolute Gasteiger partial charge is 0.0959 e. The first-order valence-corrected chi connectivity index (χ1v) is 7.11. The molecule has 0 saturated carbocycles. The predicted molar refractivity (Wildman–Crippen MR) is 85.4 cm³/mol. The van der Waals surface area contributed by atoms with Gasteiger partial charge in [0.2, 0.25) is 0 Å². The number of nitrogens with zero attached hydrogens (tertiary/aromatic N) is 1. The molecule has 0 atom stereocenters. The third kappa shape index (κ3) is 4.32. The quantitative estimate of drug-likeness (QED) is 0.823. The summed E-state index contributed by atoms with van der Waals surface area (Å²) in [6.45, 7) is 8.20. The van der Waals surface area contributed by atoms with Crippen LogP contribution in [-0.4, -0.2) is 31.1 Å². The van der Waals surface area contributed by atoms with Gasteiger partial charge in [-0.15, -0.1) is 5.92 Å². The Kier molecular flexibility index (Phi) is 5.09. The Bertz CT molecular complexity index is 499. The fourth-order valence-corrected chi connectivity index (χ4v) is 2.39. The molecule has 20 heavy (non-hydrogen) atoms. The molecule has 3 nitrogen and oxygen atoms in total. The van der Waals surface area contributed by atoms with Gasteiger partial charge in [0.05, 0.1) is 5.82 Å². The summed E-state index contributed by atoms with van der Waals surface area (Å²) in [6.07, 6.45) is 2.34. The van der Waals surface area contributed by atoms with Crippen LogP contribution in [0.3, 0.4) is 0 Å². The second kappa shape index (κ2) is 7.02. The van der Waals surface area contributed by atoms with Crippen LogP contribution < -0.4 is 10.6 Å². The topological polar surface area (TPSA) is 27.3 Å². The van der Waals surface area contributed by atoms with Gasteiger partial charge in [0.25, 0.3) is 0 Å².